The van der Waals surface area contributed by atoms with Crippen LogP contribution >= 0.6 is 0 Å². The van der Waals surface area contributed by atoms with Crippen molar-refractivity contribution in [1.29, 1.82) is 0 Å². The van der Waals surface area contributed by atoms with Gasteiger partial charge in [-0.05, 0) is 35.0 Å². The maximum absolute atomic E-state index is 5.72. The average Bonchev–Trinajstić information content (AvgIpc) is 2.59. The summed E-state index contributed by atoms with van der Waals surface area (Å²) >= 11 is 0. The Balaban J connectivity index is 2.17. The molecule has 18 heavy (non-hydrogen) atoms. The van der Waals surface area contributed by atoms with Crippen molar-refractivity contribution in [3.8, 4) is 5.75 Å². The molecule has 92 valence electrons. The molecule has 0 bridgehead atoms. The van der Waals surface area contributed by atoms with Gasteiger partial charge in [0.2, 0.25) is 0 Å². The Morgan fingerprint density at radius 3 is 2.83 bits per heavy atom. The van der Waals surface area contributed by atoms with Gasteiger partial charge in [0.15, 0.2) is 0 Å². The number of benzene rings is 2. The van der Waals surface area contributed by atoms with Gasteiger partial charge in [-0.3, -0.25) is 4.99 Å². The van der Waals surface area contributed by atoms with Crippen molar-refractivity contribution in [3.05, 3.63) is 35.9 Å². The van der Waals surface area contributed by atoms with Gasteiger partial charge in [-0.25, -0.2) is 0 Å². The fourth-order valence-electron chi connectivity index (χ4n) is 2.16. The third-order valence-electron chi connectivity index (χ3n) is 3.18. The topological polar surface area (TPSA) is 24.8 Å². The first-order chi connectivity index (χ1) is 8.74. The maximum Gasteiger partial charge on any atom is 0.128 e. The van der Waals surface area contributed by atoms with Crippen LogP contribution in [-0.4, -0.2) is 33.5 Å². The number of hydrogen-bond donors (Lipinski definition) is 0. The summed E-state index contributed by atoms with van der Waals surface area (Å²) in [7, 11) is 4.10. The number of nitrogens with zero attached hydrogens (tertiary/aromatic N) is 2. The normalized spacial score (nSPS) is 13.9. The lowest BCUT2D eigenvalue weighted by Gasteiger charge is -2.14. The van der Waals surface area contributed by atoms with Crippen molar-refractivity contribution < 1.29 is 4.74 Å². The van der Waals surface area contributed by atoms with Crippen molar-refractivity contribution >= 4 is 22.7 Å². The zero-order valence-corrected chi connectivity index (χ0v) is 10.7. The summed E-state index contributed by atoms with van der Waals surface area (Å²) < 4.78 is 5.72. The first kappa shape index (κ1) is 11.1. The van der Waals surface area contributed by atoms with E-state index in [1.165, 1.54) is 16.5 Å². The Kier molecular flexibility index (Phi) is 2.67. The standard InChI is InChI=1S/C15H16N2O/c1-17(2)14-4-3-11-7-13-10-16-5-6-18-15(13)9-12(11)8-14/h3-4,7-10H,5-6H2,1-2H3. The Morgan fingerprint density at radius 2 is 2.00 bits per heavy atom. The second-order valence-corrected chi connectivity index (χ2v) is 4.70. The van der Waals surface area contributed by atoms with Crippen LogP contribution in [0.2, 0.25) is 0 Å². The van der Waals surface area contributed by atoms with Gasteiger partial charge in [0.25, 0.3) is 0 Å². The Bertz CT molecular complexity index is 617. The summed E-state index contributed by atoms with van der Waals surface area (Å²) in [6, 6.07) is 10.7. The van der Waals surface area contributed by atoms with E-state index < -0.39 is 0 Å². The molecule has 0 amide bonds. The van der Waals surface area contributed by atoms with Crippen molar-refractivity contribution in [2.24, 2.45) is 4.99 Å². The quantitative estimate of drug-likeness (QED) is 0.765. The molecule has 0 N–H and O–H groups in total. The van der Waals surface area contributed by atoms with Crippen LogP contribution in [0.3, 0.4) is 0 Å². The highest BCUT2D eigenvalue weighted by Crippen LogP contribution is 2.28. The second-order valence-electron chi connectivity index (χ2n) is 4.70. The fourth-order valence-corrected chi connectivity index (χ4v) is 2.16. The molecule has 0 atom stereocenters. The van der Waals surface area contributed by atoms with E-state index in [0.29, 0.717) is 6.61 Å². The van der Waals surface area contributed by atoms with Crippen molar-refractivity contribution in [2.75, 3.05) is 32.1 Å². The first-order valence-corrected chi connectivity index (χ1v) is 6.12. The molecular weight excluding hydrogens is 224 g/mol. The Hall–Kier alpha value is -2.03. The minimum absolute atomic E-state index is 0.655. The summed E-state index contributed by atoms with van der Waals surface area (Å²) in [6.07, 6.45) is 1.90. The zero-order valence-electron chi connectivity index (χ0n) is 10.7. The van der Waals surface area contributed by atoms with E-state index in [0.717, 1.165) is 17.9 Å². The maximum atomic E-state index is 5.72. The fraction of sp³-hybridized carbons (Fsp3) is 0.267. The molecule has 1 aliphatic heterocycles. The van der Waals surface area contributed by atoms with Crippen LogP contribution in [0, 0.1) is 0 Å². The molecule has 2 aromatic carbocycles. The third kappa shape index (κ3) is 1.92. The van der Waals surface area contributed by atoms with E-state index in [1.807, 2.05) is 20.3 Å². The molecule has 0 saturated heterocycles. The Morgan fingerprint density at radius 1 is 1.11 bits per heavy atom. The molecule has 1 aliphatic rings. The van der Waals surface area contributed by atoms with E-state index in [-0.39, 0.29) is 0 Å². The highest BCUT2D eigenvalue weighted by Gasteiger charge is 2.08. The van der Waals surface area contributed by atoms with E-state index in [1.54, 1.807) is 0 Å². The minimum Gasteiger partial charge on any atom is -0.491 e. The molecule has 3 rings (SSSR count). The second kappa shape index (κ2) is 4.33. The largest absolute Gasteiger partial charge is 0.491 e. The van der Waals surface area contributed by atoms with E-state index in [2.05, 4.69) is 40.2 Å². The van der Waals surface area contributed by atoms with Crippen LogP contribution in [-0.2, 0) is 0 Å². The molecule has 3 heteroatoms. The van der Waals surface area contributed by atoms with Crippen LogP contribution in [0.1, 0.15) is 5.56 Å². The van der Waals surface area contributed by atoms with Gasteiger partial charge in [-0.1, -0.05) is 6.07 Å². The number of anilines is 1. The molecule has 0 spiro atoms. The van der Waals surface area contributed by atoms with E-state index in [4.69, 9.17) is 4.74 Å². The summed E-state index contributed by atoms with van der Waals surface area (Å²) in [5.74, 6) is 0.930. The van der Waals surface area contributed by atoms with Crippen LogP contribution in [0.15, 0.2) is 35.3 Å². The highest BCUT2D eigenvalue weighted by molar-refractivity contribution is 5.95. The smallest absolute Gasteiger partial charge is 0.128 e. The summed E-state index contributed by atoms with van der Waals surface area (Å²) in [5, 5.41) is 2.42. The van der Waals surface area contributed by atoms with Gasteiger partial charge in [0, 0.05) is 31.6 Å². The Labute approximate surface area is 107 Å². The van der Waals surface area contributed by atoms with Crippen LogP contribution in [0.5, 0.6) is 5.75 Å². The molecule has 0 radical (unpaired) electrons. The molecular formula is C15H16N2O. The monoisotopic (exact) mass is 240 g/mol. The van der Waals surface area contributed by atoms with Crippen molar-refractivity contribution in [2.45, 2.75) is 0 Å². The zero-order chi connectivity index (χ0) is 12.5. The lowest BCUT2D eigenvalue weighted by atomic mass is 10.1. The lowest BCUT2D eigenvalue weighted by Crippen LogP contribution is -2.08. The molecule has 3 nitrogen and oxygen atoms in total. The molecule has 0 unspecified atom stereocenters. The lowest BCUT2D eigenvalue weighted by molar-refractivity contribution is 0.332. The minimum atomic E-state index is 0.655. The van der Waals surface area contributed by atoms with E-state index in [9.17, 15) is 0 Å². The van der Waals surface area contributed by atoms with Crippen molar-refractivity contribution in [3.63, 3.8) is 0 Å². The van der Waals surface area contributed by atoms with Gasteiger partial charge in [0.1, 0.15) is 12.4 Å². The molecule has 1 heterocycles. The predicted octanol–water partition coefficient (Wildman–Crippen LogP) is 2.72. The highest BCUT2D eigenvalue weighted by atomic mass is 16.5. The van der Waals surface area contributed by atoms with Crippen LogP contribution in [0.4, 0.5) is 5.69 Å². The molecule has 2 aromatic rings. The first-order valence-electron chi connectivity index (χ1n) is 6.12. The summed E-state index contributed by atoms with van der Waals surface area (Å²) in [5.41, 5.74) is 2.27. The van der Waals surface area contributed by atoms with Gasteiger partial charge in [-0.15, -0.1) is 0 Å². The van der Waals surface area contributed by atoms with Gasteiger partial charge in [-0.2, -0.15) is 0 Å². The van der Waals surface area contributed by atoms with E-state index >= 15 is 0 Å². The van der Waals surface area contributed by atoms with Gasteiger partial charge >= 0.3 is 0 Å². The number of aliphatic imine (C=N–C) groups is 1. The number of hydrogen-bond acceptors (Lipinski definition) is 3. The third-order valence-corrected chi connectivity index (χ3v) is 3.18. The van der Waals surface area contributed by atoms with Crippen molar-refractivity contribution in [1.82, 2.24) is 0 Å². The van der Waals surface area contributed by atoms with Crippen LogP contribution in [0.25, 0.3) is 10.8 Å². The number of rotatable bonds is 1. The summed E-state index contributed by atoms with van der Waals surface area (Å²) in [6.45, 7) is 1.39. The molecule has 0 aliphatic carbocycles. The molecule has 0 fully saturated rings. The molecule has 0 saturated carbocycles. The molecule has 0 aromatic heterocycles. The average molecular weight is 240 g/mol. The number of ether oxygens (including phenoxy) is 1. The van der Waals surface area contributed by atoms with Gasteiger partial charge in [0.05, 0.1) is 6.54 Å². The SMILES string of the molecule is CN(C)c1ccc2cc3c(cc2c1)OCCN=C3. The summed E-state index contributed by atoms with van der Waals surface area (Å²) in [4.78, 5) is 6.41. The predicted molar refractivity (Wildman–Crippen MR) is 76.2 cm³/mol. The van der Waals surface area contributed by atoms with Crippen LogP contribution < -0.4 is 9.64 Å². The number of fused-ring (bicyclic) bond motifs is 2. The van der Waals surface area contributed by atoms with Gasteiger partial charge < -0.3 is 9.64 Å².